The van der Waals surface area contributed by atoms with Crippen LogP contribution in [0.25, 0.3) is 0 Å². The summed E-state index contributed by atoms with van der Waals surface area (Å²) >= 11 is 0. The summed E-state index contributed by atoms with van der Waals surface area (Å²) in [4.78, 5) is 12.8. The lowest BCUT2D eigenvalue weighted by atomic mass is 9.64. The summed E-state index contributed by atoms with van der Waals surface area (Å²) in [5.74, 6) is 1.86. The molecule has 2 fully saturated rings. The molecule has 0 aromatic carbocycles. The molecule has 20 heavy (non-hydrogen) atoms. The van der Waals surface area contributed by atoms with E-state index in [4.69, 9.17) is 4.74 Å². The summed E-state index contributed by atoms with van der Waals surface area (Å²) in [6.45, 7) is 6.00. The molecular weight excluding hydrogens is 248 g/mol. The fraction of sp³-hybridized carbons (Fsp3) is 0.722. The second-order valence-electron chi connectivity index (χ2n) is 7.32. The van der Waals surface area contributed by atoms with E-state index in [1.807, 2.05) is 6.08 Å². The van der Waals surface area contributed by atoms with Crippen LogP contribution in [0.3, 0.4) is 0 Å². The molecule has 2 unspecified atom stereocenters. The topological polar surface area (TPSA) is 26.3 Å². The third-order valence-electron chi connectivity index (χ3n) is 5.17. The Morgan fingerprint density at radius 1 is 1.35 bits per heavy atom. The van der Waals surface area contributed by atoms with Gasteiger partial charge in [0, 0.05) is 5.41 Å². The molecule has 0 spiro atoms. The Bertz CT molecular complexity index is 444. The van der Waals surface area contributed by atoms with Crippen LogP contribution in [0, 0.1) is 17.3 Å². The molecule has 0 N–H and O–H groups in total. The molecule has 0 amide bonds. The molecule has 3 aliphatic carbocycles. The molecule has 4 aliphatic rings. The Morgan fingerprint density at radius 2 is 2.05 bits per heavy atom. The molecule has 110 valence electrons. The fourth-order valence-electron chi connectivity index (χ4n) is 4.15. The zero-order valence-electron chi connectivity index (χ0n) is 12.8. The van der Waals surface area contributed by atoms with Crippen molar-refractivity contribution in [1.29, 1.82) is 0 Å². The predicted octanol–water partition coefficient (Wildman–Crippen LogP) is 4.06. The van der Waals surface area contributed by atoms with Crippen molar-refractivity contribution < 1.29 is 9.53 Å². The molecule has 1 aliphatic heterocycles. The number of carbonyl (C=O) groups is 1. The number of hydrogen-bond donors (Lipinski definition) is 0. The molecule has 0 radical (unpaired) electrons. The van der Waals surface area contributed by atoms with Gasteiger partial charge in [0.1, 0.15) is 0 Å². The van der Waals surface area contributed by atoms with Gasteiger partial charge < -0.3 is 4.74 Å². The minimum atomic E-state index is -0.272. The molecule has 2 atom stereocenters. The SMILES string of the molecule is CC1CC2CC(=CC(C)(C(=O)C=C3CCOCC3)C1)C2. The highest BCUT2D eigenvalue weighted by Crippen LogP contribution is 2.46. The van der Waals surface area contributed by atoms with E-state index in [0.29, 0.717) is 11.7 Å². The summed E-state index contributed by atoms with van der Waals surface area (Å²) in [6.07, 6.45) is 10.9. The van der Waals surface area contributed by atoms with Crippen LogP contribution in [0.15, 0.2) is 23.3 Å². The Morgan fingerprint density at radius 3 is 2.75 bits per heavy atom. The first-order valence-electron chi connectivity index (χ1n) is 8.07. The number of fused-ring (bicyclic) bond motifs is 4. The van der Waals surface area contributed by atoms with Crippen LogP contribution in [-0.2, 0) is 9.53 Å². The fourth-order valence-corrected chi connectivity index (χ4v) is 4.15. The maximum Gasteiger partial charge on any atom is 0.165 e. The van der Waals surface area contributed by atoms with Crippen molar-refractivity contribution in [3.8, 4) is 0 Å². The van der Waals surface area contributed by atoms with Gasteiger partial charge in [-0.15, -0.1) is 0 Å². The Balaban J connectivity index is 1.79. The Kier molecular flexibility index (Phi) is 3.85. The normalized spacial score (nSPS) is 37.3. The van der Waals surface area contributed by atoms with E-state index in [2.05, 4.69) is 19.9 Å². The van der Waals surface area contributed by atoms with Crippen molar-refractivity contribution in [2.45, 2.75) is 52.4 Å². The highest BCUT2D eigenvalue weighted by atomic mass is 16.5. The molecule has 2 bridgehead atoms. The van der Waals surface area contributed by atoms with Gasteiger partial charge in [0.25, 0.3) is 0 Å². The third-order valence-corrected chi connectivity index (χ3v) is 5.17. The van der Waals surface area contributed by atoms with Crippen LogP contribution >= 0.6 is 0 Å². The van der Waals surface area contributed by atoms with Crippen LogP contribution < -0.4 is 0 Å². The van der Waals surface area contributed by atoms with Gasteiger partial charge in [0.05, 0.1) is 13.2 Å². The average Bonchev–Trinajstić information content (AvgIpc) is 2.35. The summed E-state index contributed by atoms with van der Waals surface area (Å²) in [6, 6.07) is 0. The summed E-state index contributed by atoms with van der Waals surface area (Å²) in [7, 11) is 0. The minimum absolute atomic E-state index is 0.272. The Hall–Kier alpha value is -0.890. The first-order valence-corrected chi connectivity index (χ1v) is 8.07. The van der Waals surface area contributed by atoms with E-state index in [-0.39, 0.29) is 5.41 Å². The van der Waals surface area contributed by atoms with Gasteiger partial charge in [-0.3, -0.25) is 4.79 Å². The third kappa shape index (κ3) is 2.90. The number of ketones is 1. The Labute approximate surface area is 122 Å². The first-order chi connectivity index (χ1) is 9.55. The van der Waals surface area contributed by atoms with Gasteiger partial charge in [-0.1, -0.05) is 24.1 Å². The molecule has 1 saturated heterocycles. The molecule has 0 aromatic rings. The quantitative estimate of drug-likeness (QED) is 0.560. The zero-order chi connectivity index (χ0) is 14.2. The second kappa shape index (κ2) is 5.48. The summed E-state index contributed by atoms with van der Waals surface area (Å²) < 4.78 is 5.36. The van der Waals surface area contributed by atoms with Crippen LogP contribution in [0.1, 0.15) is 52.4 Å². The largest absolute Gasteiger partial charge is 0.381 e. The standard InChI is InChI=1S/C18H26O2/c1-13-7-15-8-16(9-15)12-18(2,11-13)17(19)10-14-3-5-20-6-4-14/h10,12-13,15H,3-9,11H2,1-2H3. The molecular formula is C18H26O2. The molecule has 1 heterocycles. The van der Waals surface area contributed by atoms with E-state index >= 15 is 0 Å². The zero-order valence-corrected chi connectivity index (χ0v) is 12.8. The van der Waals surface area contributed by atoms with Crippen LogP contribution in [0.4, 0.5) is 0 Å². The van der Waals surface area contributed by atoms with E-state index in [9.17, 15) is 4.79 Å². The number of hydrogen-bond acceptors (Lipinski definition) is 2. The molecule has 0 aromatic heterocycles. The average molecular weight is 274 g/mol. The monoisotopic (exact) mass is 274 g/mol. The van der Waals surface area contributed by atoms with Gasteiger partial charge >= 0.3 is 0 Å². The van der Waals surface area contributed by atoms with E-state index in [1.165, 1.54) is 30.4 Å². The van der Waals surface area contributed by atoms with Crippen molar-refractivity contribution in [3.63, 3.8) is 0 Å². The number of allylic oxidation sites excluding steroid dienone is 3. The van der Waals surface area contributed by atoms with E-state index in [0.717, 1.165) is 38.4 Å². The van der Waals surface area contributed by atoms with E-state index in [1.54, 1.807) is 0 Å². The summed E-state index contributed by atoms with van der Waals surface area (Å²) in [5.41, 5.74) is 2.52. The van der Waals surface area contributed by atoms with Gasteiger partial charge in [-0.2, -0.15) is 0 Å². The highest BCUT2D eigenvalue weighted by molar-refractivity contribution is 5.96. The van der Waals surface area contributed by atoms with Gasteiger partial charge in [-0.25, -0.2) is 0 Å². The number of ether oxygens (including phenoxy) is 1. The van der Waals surface area contributed by atoms with Crippen LogP contribution in [-0.4, -0.2) is 19.0 Å². The second-order valence-corrected chi connectivity index (χ2v) is 7.32. The first kappa shape index (κ1) is 14.1. The molecule has 2 nitrogen and oxygen atoms in total. The predicted molar refractivity (Wildman–Crippen MR) is 80.5 cm³/mol. The highest BCUT2D eigenvalue weighted by Gasteiger charge is 2.38. The van der Waals surface area contributed by atoms with E-state index < -0.39 is 0 Å². The minimum Gasteiger partial charge on any atom is -0.381 e. The van der Waals surface area contributed by atoms with Gasteiger partial charge in [0.2, 0.25) is 0 Å². The number of rotatable bonds is 2. The van der Waals surface area contributed by atoms with Crippen molar-refractivity contribution in [1.82, 2.24) is 0 Å². The van der Waals surface area contributed by atoms with Gasteiger partial charge in [-0.05, 0) is 63.4 Å². The lowest BCUT2D eigenvalue weighted by molar-refractivity contribution is -0.121. The smallest absolute Gasteiger partial charge is 0.165 e. The van der Waals surface area contributed by atoms with Crippen LogP contribution in [0.2, 0.25) is 0 Å². The maximum absolute atomic E-state index is 12.8. The number of carbonyl (C=O) groups excluding carboxylic acids is 1. The lowest BCUT2D eigenvalue weighted by Gasteiger charge is -2.40. The van der Waals surface area contributed by atoms with Gasteiger partial charge in [0.15, 0.2) is 5.78 Å². The molecule has 2 heteroatoms. The molecule has 4 rings (SSSR count). The van der Waals surface area contributed by atoms with Crippen molar-refractivity contribution in [2.75, 3.05) is 13.2 Å². The lowest BCUT2D eigenvalue weighted by Crippen LogP contribution is -2.33. The van der Waals surface area contributed by atoms with Crippen molar-refractivity contribution in [2.24, 2.45) is 17.3 Å². The van der Waals surface area contributed by atoms with Crippen molar-refractivity contribution in [3.05, 3.63) is 23.3 Å². The maximum atomic E-state index is 12.8. The van der Waals surface area contributed by atoms with Crippen LogP contribution in [0.5, 0.6) is 0 Å². The van der Waals surface area contributed by atoms with Crippen molar-refractivity contribution >= 4 is 5.78 Å². The summed E-state index contributed by atoms with van der Waals surface area (Å²) in [5, 5.41) is 0. The molecule has 1 saturated carbocycles.